The summed E-state index contributed by atoms with van der Waals surface area (Å²) in [6.07, 6.45) is 8.45. The molecular formula is C27H35N3O6S. The van der Waals surface area contributed by atoms with Gasteiger partial charge in [0.2, 0.25) is 0 Å². The molecule has 0 radical (unpaired) electrons. The Morgan fingerprint density at radius 2 is 1.54 bits per heavy atom. The second-order valence-corrected chi connectivity index (χ2v) is 10.9. The zero-order chi connectivity index (χ0) is 26.8. The number of hydrogen-bond acceptors (Lipinski definition) is 7. The second kappa shape index (κ2) is 13.3. The number of nitrogens with one attached hydrogen (secondary N) is 1. The number of rotatable bonds is 12. The van der Waals surface area contributed by atoms with Crippen LogP contribution < -0.4 is 4.72 Å². The van der Waals surface area contributed by atoms with Crippen LogP contribution in [0.4, 0.5) is 0 Å². The molecule has 0 spiro atoms. The largest absolute Gasteiger partial charge is 0.458 e. The quantitative estimate of drug-likeness (QED) is 0.406. The maximum absolute atomic E-state index is 12.9. The molecule has 3 rings (SSSR count). The first kappa shape index (κ1) is 28.3. The van der Waals surface area contributed by atoms with Crippen molar-refractivity contribution in [1.29, 1.82) is 0 Å². The van der Waals surface area contributed by atoms with E-state index in [2.05, 4.69) is 18.8 Å². The van der Waals surface area contributed by atoms with Crippen molar-refractivity contribution < 1.29 is 27.5 Å². The number of unbranched alkanes of at least 4 members (excludes halogenated alkanes) is 2. The number of hydrogen-bond donors (Lipinski definition) is 1. The summed E-state index contributed by atoms with van der Waals surface area (Å²) in [6, 6.07) is 8.19. The lowest BCUT2D eigenvalue weighted by Crippen LogP contribution is -2.33. The number of ether oxygens (including phenoxy) is 1. The van der Waals surface area contributed by atoms with E-state index in [1.807, 2.05) is 4.72 Å². The molecule has 1 aliphatic rings. The number of esters is 1. The molecule has 1 heterocycles. The van der Waals surface area contributed by atoms with Gasteiger partial charge in [0.1, 0.15) is 11.8 Å². The Morgan fingerprint density at radius 3 is 2.08 bits per heavy atom. The molecule has 1 saturated carbocycles. The molecule has 10 heteroatoms. The molecule has 2 amide bonds. The van der Waals surface area contributed by atoms with Crippen molar-refractivity contribution in [2.75, 3.05) is 13.1 Å². The smallest absolute Gasteiger partial charge is 0.357 e. The molecule has 1 N–H and O–H groups in total. The standard InChI is InChI=1S/C27H35N3O6S/c1-3-5-17-30(18-6-4-2)26(32)20-11-14-23(15-12-20)37(34,35)29-25(31)21-13-16-24(28-19-21)27(33)36-22-9-7-8-10-22/h11-16,19,22H,3-10,17-18H2,1-2H3,(H,29,31). The minimum atomic E-state index is -4.18. The van der Waals surface area contributed by atoms with Crippen molar-refractivity contribution >= 4 is 27.8 Å². The maximum atomic E-state index is 12.9. The Bertz CT molecular complexity index is 1170. The first-order valence-corrected chi connectivity index (χ1v) is 14.4. The van der Waals surface area contributed by atoms with E-state index < -0.39 is 21.9 Å². The van der Waals surface area contributed by atoms with Gasteiger partial charge in [-0.3, -0.25) is 9.59 Å². The number of amides is 2. The SMILES string of the molecule is CCCCN(CCCC)C(=O)c1ccc(S(=O)(=O)NC(=O)c2ccc(C(=O)OC3CCCC3)nc2)cc1. The van der Waals surface area contributed by atoms with E-state index >= 15 is 0 Å². The Labute approximate surface area is 218 Å². The van der Waals surface area contributed by atoms with Gasteiger partial charge in [0.15, 0.2) is 0 Å². The fraction of sp³-hybridized carbons (Fsp3) is 0.481. The molecule has 1 aliphatic carbocycles. The van der Waals surface area contributed by atoms with Crippen LogP contribution in [0.1, 0.15) is 96.4 Å². The average molecular weight is 530 g/mol. The highest BCUT2D eigenvalue weighted by atomic mass is 32.2. The van der Waals surface area contributed by atoms with Crippen LogP contribution >= 0.6 is 0 Å². The molecule has 1 fully saturated rings. The van der Waals surface area contributed by atoms with Crippen molar-refractivity contribution in [3.8, 4) is 0 Å². The van der Waals surface area contributed by atoms with Crippen molar-refractivity contribution in [3.63, 3.8) is 0 Å². The molecule has 2 aromatic rings. The minimum absolute atomic E-state index is 0.0183. The Morgan fingerprint density at radius 1 is 0.946 bits per heavy atom. The summed E-state index contributed by atoms with van der Waals surface area (Å²) >= 11 is 0. The lowest BCUT2D eigenvalue weighted by atomic mass is 10.1. The van der Waals surface area contributed by atoms with Crippen LogP contribution in [0.5, 0.6) is 0 Å². The van der Waals surface area contributed by atoms with Gasteiger partial charge in [-0.15, -0.1) is 0 Å². The highest BCUT2D eigenvalue weighted by Crippen LogP contribution is 2.22. The van der Waals surface area contributed by atoms with E-state index in [4.69, 9.17) is 4.74 Å². The van der Waals surface area contributed by atoms with Gasteiger partial charge < -0.3 is 9.64 Å². The molecule has 1 aromatic carbocycles. The molecule has 9 nitrogen and oxygen atoms in total. The molecular weight excluding hydrogens is 494 g/mol. The van der Waals surface area contributed by atoms with Gasteiger partial charge in [0.05, 0.1) is 10.5 Å². The van der Waals surface area contributed by atoms with Gasteiger partial charge in [-0.2, -0.15) is 0 Å². The molecule has 0 atom stereocenters. The summed E-state index contributed by atoms with van der Waals surface area (Å²) in [5, 5.41) is 0. The fourth-order valence-corrected chi connectivity index (χ4v) is 5.05. The van der Waals surface area contributed by atoms with E-state index in [0.29, 0.717) is 18.7 Å². The maximum Gasteiger partial charge on any atom is 0.357 e. The summed E-state index contributed by atoms with van der Waals surface area (Å²) in [5.41, 5.74) is 0.426. The first-order valence-electron chi connectivity index (χ1n) is 12.9. The molecule has 0 aliphatic heterocycles. The summed E-state index contributed by atoms with van der Waals surface area (Å²) < 4.78 is 32.9. The topological polar surface area (TPSA) is 123 Å². The highest BCUT2D eigenvalue weighted by Gasteiger charge is 2.23. The van der Waals surface area contributed by atoms with Crippen molar-refractivity contribution in [2.24, 2.45) is 0 Å². The van der Waals surface area contributed by atoms with Gasteiger partial charge in [0, 0.05) is 24.8 Å². The zero-order valence-corrected chi connectivity index (χ0v) is 22.3. The van der Waals surface area contributed by atoms with Crippen molar-refractivity contribution in [3.05, 3.63) is 59.4 Å². The normalized spacial score (nSPS) is 13.8. The summed E-state index contributed by atoms with van der Waals surface area (Å²) in [7, 11) is -4.18. The number of benzene rings is 1. The molecule has 200 valence electrons. The predicted molar refractivity (Wildman–Crippen MR) is 139 cm³/mol. The lowest BCUT2D eigenvalue weighted by molar-refractivity contribution is 0.0310. The van der Waals surface area contributed by atoms with Gasteiger partial charge >= 0.3 is 5.97 Å². The van der Waals surface area contributed by atoms with Crippen LogP contribution in [0.25, 0.3) is 0 Å². The number of aromatic nitrogens is 1. The summed E-state index contributed by atoms with van der Waals surface area (Å²) in [6.45, 7) is 5.42. The number of nitrogens with zero attached hydrogens (tertiary/aromatic N) is 2. The van der Waals surface area contributed by atoms with Gasteiger partial charge in [-0.05, 0) is 74.9 Å². The van der Waals surface area contributed by atoms with Crippen LogP contribution in [-0.4, -0.2) is 55.3 Å². The number of carbonyl (C=O) groups excluding carboxylic acids is 3. The molecule has 0 unspecified atom stereocenters. The Kier molecular flexibility index (Phi) is 10.2. The zero-order valence-electron chi connectivity index (χ0n) is 21.4. The third-order valence-corrected chi connectivity index (χ3v) is 7.65. The van der Waals surface area contributed by atoms with Crippen LogP contribution in [0.15, 0.2) is 47.5 Å². The Hall–Kier alpha value is -3.27. The highest BCUT2D eigenvalue weighted by molar-refractivity contribution is 7.90. The fourth-order valence-electron chi connectivity index (χ4n) is 4.08. The first-order chi connectivity index (χ1) is 17.7. The summed E-state index contributed by atoms with van der Waals surface area (Å²) in [5.74, 6) is -1.59. The number of sulfonamides is 1. The van der Waals surface area contributed by atoms with E-state index in [1.54, 1.807) is 4.90 Å². The third kappa shape index (κ3) is 7.85. The van der Waals surface area contributed by atoms with Crippen LogP contribution in [0, 0.1) is 0 Å². The van der Waals surface area contributed by atoms with E-state index in [-0.39, 0.29) is 28.2 Å². The molecule has 1 aromatic heterocycles. The Balaban J connectivity index is 1.63. The van der Waals surface area contributed by atoms with E-state index in [0.717, 1.165) is 57.6 Å². The third-order valence-electron chi connectivity index (χ3n) is 6.30. The number of carbonyl (C=O) groups is 3. The van der Waals surface area contributed by atoms with Gasteiger partial charge in [-0.25, -0.2) is 22.9 Å². The summed E-state index contributed by atoms with van der Waals surface area (Å²) in [4.78, 5) is 43.3. The van der Waals surface area contributed by atoms with Gasteiger partial charge in [0.25, 0.3) is 21.8 Å². The molecule has 0 saturated heterocycles. The van der Waals surface area contributed by atoms with Crippen molar-refractivity contribution in [1.82, 2.24) is 14.6 Å². The monoisotopic (exact) mass is 529 g/mol. The van der Waals surface area contributed by atoms with E-state index in [9.17, 15) is 22.8 Å². The van der Waals surface area contributed by atoms with Crippen molar-refractivity contribution in [2.45, 2.75) is 76.2 Å². The van der Waals surface area contributed by atoms with E-state index in [1.165, 1.54) is 36.4 Å². The van der Waals surface area contributed by atoms with Crippen LogP contribution in [0.3, 0.4) is 0 Å². The van der Waals surface area contributed by atoms with Crippen LogP contribution in [-0.2, 0) is 14.8 Å². The number of pyridine rings is 1. The average Bonchev–Trinajstić information content (AvgIpc) is 3.41. The predicted octanol–water partition coefficient (Wildman–Crippen LogP) is 4.34. The molecule has 0 bridgehead atoms. The molecule has 37 heavy (non-hydrogen) atoms. The van der Waals surface area contributed by atoms with Crippen LogP contribution in [0.2, 0.25) is 0 Å². The second-order valence-electron chi connectivity index (χ2n) is 9.20. The van der Waals surface area contributed by atoms with Gasteiger partial charge in [-0.1, -0.05) is 26.7 Å². The minimum Gasteiger partial charge on any atom is -0.458 e. The lowest BCUT2D eigenvalue weighted by Gasteiger charge is -2.22.